The normalized spacial score (nSPS) is 20.4. The highest BCUT2D eigenvalue weighted by Crippen LogP contribution is 2.29. The maximum atomic E-state index is 12.8. The Hall–Kier alpha value is -2.43. The van der Waals surface area contributed by atoms with E-state index in [9.17, 15) is 9.59 Å². The van der Waals surface area contributed by atoms with E-state index in [0.29, 0.717) is 30.9 Å². The van der Waals surface area contributed by atoms with Crippen LogP contribution in [0.5, 0.6) is 0 Å². The lowest BCUT2D eigenvalue weighted by Crippen LogP contribution is -2.43. The van der Waals surface area contributed by atoms with Gasteiger partial charge in [0.15, 0.2) is 5.96 Å². The van der Waals surface area contributed by atoms with E-state index in [2.05, 4.69) is 25.4 Å². The number of hydrogen-bond acceptors (Lipinski definition) is 4. The average Bonchev–Trinajstić information content (AvgIpc) is 2.70. The van der Waals surface area contributed by atoms with Crippen molar-refractivity contribution in [2.45, 2.75) is 45.7 Å². The van der Waals surface area contributed by atoms with Gasteiger partial charge >= 0.3 is 0 Å². The van der Waals surface area contributed by atoms with Crippen LogP contribution >= 0.6 is 0 Å². The Bertz CT molecular complexity index is 694. The summed E-state index contributed by atoms with van der Waals surface area (Å²) in [7, 11) is 0. The molecule has 0 spiro atoms. The first-order chi connectivity index (χ1) is 11.2. The Morgan fingerprint density at radius 1 is 1.42 bits per heavy atom. The summed E-state index contributed by atoms with van der Waals surface area (Å²) < 4.78 is 0. The van der Waals surface area contributed by atoms with Crippen molar-refractivity contribution < 1.29 is 9.59 Å². The van der Waals surface area contributed by atoms with E-state index in [1.165, 1.54) is 4.90 Å². The van der Waals surface area contributed by atoms with Gasteiger partial charge in [-0.1, -0.05) is 44.7 Å². The molecule has 0 radical (unpaired) electrons. The Kier molecular flexibility index (Phi) is 5.22. The molecule has 128 valence electrons. The van der Waals surface area contributed by atoms with Gasteiger partial charge in [0.1, 0.15) is 11.8 Å². The summed E-state index contributed by atoms with van der Waals surface area (Å²) in [5.41, 5.74) is 7.68. The van der Waals surface area contributed by atoms with Crippen molar-refractivity contribution in [2.75, 3.05) is 0 Å². The molecule has 24 heavy (non-hydrogen) atoms. The number of hydrogen-bond donors (Lipinski definition) is 1. The van der Waals surface area contributed by atoms with Crippen molar-refractivity contribution in [2.24, 2.45) is 16.6 Å². The third-order valence-electron chi connectivity index (χ3n) is 4.08. The predicted molar refractivity (Wildman–Crippen MR) is 95.4 cm³/mol. The Labute approximate surface area is 143 Å². The van der Waals surface area contributed by atoms with Gasteiger partial charge < -0.3 is 5.73 Å². The van der Waals surface area contributed by atoms with E-state index in [0.717, 1.165) is 17.4 Å². The number of carbonyl (C=O) groups is 2. The monoisotopic (exact) mass is 327 g/mol. The molecule has 0 aliphatic carbocycles. The van der Waals surface area contributed by atoms with Crippen LogP contribution in [0.25, 0.3) is 0 Å². The van der Waals surface area contributed by atoms with Crippen LogP contribution in [0.2, 0.25) is 0 Å². The molecular weight excluding hydrogens is 302 g/mol. The summed E-state index contributed by atoms with van der Waals surface area (Å²) >= 11 is 0. The SMILES string of the molecule is C=C(C=O)Cc1cccc(CN2C(=O)C(C)(CC(C)C)N=C2N)c1. The van der Waals surface area contributed by atoms with Crippen LogP contribution in [-0.2, 0) is 22.6 Å². The molecule has 1 atom stereocenters. The van der Waals surface area contributed by atoms with E-state index >= 15 is 0 Å². The Morgan fingerprint density at radius 3 is 2.71 bits per heavy atom. The van der Waals surface area contributed by atoms with Crippen LogP contribution < -0.4 is 5.73 Å². The van der Waals surface area contributed by atoms with Crippen LogP contribution in [0.4, 0.5) is 0 Å². The number of rotatable bonds is 7. The van der Waals surface area contributed by atoms with E-state index in [1.807, 2.05) is 31.2 Å². The molecule has 0 aromatic heterocycles. The molecule has 1 amide bonds. The summed E-state index contributed by atoms with van der Waals surface area (Å²) in [6.45, 7) is 10.1. The molecule has 2 rings (SSSR count). The number of benzene rings is 1. The molecule has 1 aliphatic rings. The zero-order chi connectivity index (χ0) is 17.9. The number of carbonyl (C=O) groups excluding carboxylic acids is 2. The van der Waals surface area contributed by atoms with Gasteiger partial charge in [-0.15, -0.1) is 0 Å². The van der Waals surface area contributed by atoms with Crippen molar-refractivity contribution >= 4 is 18.2 Å². The van der Waals surface area contributed by atoms with Crippen molar-refractivity contribution in [1.29, 1.82) is 0 Å². The van der Waals surface area contributed by atoms with Gasteiger partial charge in [0.05, 0.1) is 6.54 Å². The Balaban J connectivity index is 2.16. The standard InChI is InChI=1S/C19H25N3O2/c1-13(2)10-19(4)17(24)22(18(20)21-19)11-16-7-5-6-15(9-16)8-14(3)12-23/h5-7,9,12-13H,3,8,10-11H2,1-2,4H3,(H2,20,21). The highest BCUT2D eigenvalue weighted by molar-refractivity contribution is 6.06. The van der Waals surface area contributed by atoms with Gasteiger partial charge in [-0.2, -0.15) is 0 Å². The van der Waals surface area contributed by atoms with Gasteiger partial charge in [-0.3, -0.25) is 14.5 Å². The fourth-order valence-corrected chi connectivity index (χ4v) is 3.16. The maximum Gasteiger partial charge on any atom is 0.257 e. The Morgan fingerprint density at radius 2 is 2.08 bits per heavy atom. The molecule has 0 saturated heterocycles. The van der Waals surface area contributed by atoms with Gasteiger partial charge in [0, 0.05) is 6.42 Å². The molecule has 0 fully saturated rings. The van der Waals surface area contributed by atoms with Gasteiger partial charge in [0.2, 0.25) is 0 Å². The molecule has 1 heterocycles. The molecule has 5 nitrogen and oxygen atoms in total. The first-order valence-corrected chi connectivity index (χ1v) is 8.13. The largest absolute Gasteiger partial charge is 0.369 e. The molecule has 2 N–H and O–H groups in total. The lowest BCUT2D eigenvalue weighted by Gasteiger charge is -2.23. The van der Waals surface area contributed by atoms with E-state index in [4.69, 9.17) is 5.73 Å². The molecular formula is C19H25N3O2. The third-order valence-corrected chi connectivity index (χ3v) is 4.08. The van der Waals surface area contributed by atoms with Crippen molar-refractivity contribution in [1.82, 2.24) is 4.90 Å². The van der Waals surface area contributed by atoms with E-state index in [-0.39, 0.29) is 11.9 Å². The third kappa shape index (κ3) is 3.91. The lowest BCUT2D eigenvalue weighted by molar-refractivity contribution is -0.131. The fourth-order valence-electron chi connectivity index (χ4n) is 3.16. The second-order valence-corrected chi connectivity index (χ2v) is 7.01. The number of nitrogens with two attached hydrogens (primary N) is 1. The highest BCUT2D eigenvalue weighted by Gasteiger charge is 2.43. The molecule has 0 saturated carbocycles. The van der Waals surface area contributed by atoms with Crippen molar-refractivity contribution in [3.8, 4) is 0 Å². The van der Waals surface area contributed by atoms with E-state index in [1.54, 1.807) is 0 Å². The molecule has 5 heteroatoms. The van der Waals surface area contributed by atoms with E-state index < -0.39 is 5.54 Å². The van der Waals surface area contributed by atoms with Crippen molar-refractivity contribution in [3.05, 3.63) is 47.5 Å². The second kappa shape index (κ2) is 6.99. The summed E-state index contributed by atoms with van der Waals surface area (Å²) in [5.74, 6) is 0.565. The summed E-state index contributed by atoms with van der Waals surface area (Å²) in [4.78, 5) is 29.4. The average molecular weight is 327 g/mol. The van der Waals surface area contributed by atoms with Crippen LogP contribution in [0, 0.1) is 5.92 Å². The number of nitrogens with zero attached hydrogens (tertiary/aromatic N) is 2. The predicted octanol–water partition coefficient (Wildman–Crippen LogP) is 2.45. The van der Waals surface area contributed by atoms with Crippen molar-refractivity contribution in [3.63, 3.8) is 0 Å². The number of aliphatic imine (C=N–C) groups is 1. The number of allylic oxidation sites excluding steroid dienone is 1. The summed E-state index contributed by atoms with van der Waals surface area (Å²) in [5, 5.41) is 0. The fraction of sp³-hybridized carbons (Fsp3) is 0.421. The maximum absolute atomic E-state index is 12.8. The van der Waals surface area contributed by atoms with Gasteiger partial charge in [-0.05, 0) is 36.0 Å². The zero-order valence-electron chi connectivity index (χ0n) is 14.6. The molecule has 1 aromatic carbocycles. The topological polar surface area (TPSA) is 75.8 Å². The summed E-state index contributed by atoms with van der Waals surface area (Å²) in [6.07, 6.45) is 1.93. The molecule has 1 aromatic rings. The smallest absolute Gasteiger partial charge is 0.257 e. The first-order valence-electron chi connectivity index (χ1n) is 8.13. The molecule has 1 unspecified atom stereocenters. The van der Waals surface area contributed by atoms with Crippen LogP contribution in [-0.4, -0.2) is 28.6 Å². The molecule has 0 bridgehead atoms. The number of aldehydes is 1. The minimum atomic E-state index is -0.776. The van der Waals surface area contributed by atoms with Gasteiger partial charge in [0.25, 0.3) is 5.91 Å². The number of guanidine groups is 1. The second-order valence-electron chi connectivity index (χ2n) is 7.01. The first kappa shape index (κ1) is 17.9. The van der Waals surface area contributed by atoms with Crippen LogP contribution in [0.15, 0.2) is 41.4 Å². The highest BCUT2D eigenvalue weighted by atomic mass is 16.2. The molecule has 1 aliphatic heterocycles. The van der Waals surface area contributed by atoms with Crippen LogP contribution in [0.1, 0.15) is 38.3 Å². The minimum absolute atomic E-state index is 0.0589. The number of amides is 1. The quantitative estimate of drug-likeness (QED) is 0.617. The lowest BCUT2D eigenvalue weighted by atomic mass is 9.91. The minimum Gasteiger partial charge on any atom is -0.369 e. The van der Waals surface area contributed by atoms with Gasteiger partial charge in [-0.25, -0.2) is 4.99 Å². The zero-order valence-corrected chi connectivity index (χ0v) is 14.6. The van der Waals surface area contributed by atoms with Crippen LogP contribution in [0.3, 0.4) is 0 Å². The summed E-state index contributed by atoms with van der Waals surface area (Å²) in [6, 6.07) is 7.74.